The van der Waals surface area contributed by atoms with Gasteiger partial charge in [-0.3, -0.25) is 10.1 Å². The van der Waals surface area contributed by atoms with Crippen LogP contribution in [0.25, 0.3) is 0 Å². The van der Waals surface area contributed by atoms with E-state index in [9.17, 15) is 10.1 Å². The van der Waals surface area contributed by atoms with Gasteiger partial charge in [0.2, 0.25) is 0 Å². The van der Waals surface area contributed by atoms with Crippen LogP contribution >= 0.6 is 23.4 Å². The molecule has 110 valence electrons. The summed E-state index contributed by atoms with van der Waals surface area (Å²) in [5, 5.41) is 14.5. The van der Waals surface area contributed by atoms with Crippen LogP contribution in [-0.2, 0) is 0 Å². The van der Waals surface area contributed by atoms with Crippen molar-refractivity contribution in [2.24, 2.45) is 0 Å². The van der Waals surface area contributed by atoms with Gasteiger partial charge >= 0.3 is 0 Å². The number of nitro groups is 1. The molecule has 0 aliphatic rings. The Morgan fingerprint density at radius 3 is 2.33 bits per heavy atom. The summed E-state index contributed by atoms with van der Waals surface area (Å²) in [7, 11) is 1.89. The van der Waals surface area contributed by atoms with Crippen molar-refractivity contribution in [1.29, 1.82) is 0 Å². The highest BCUT2D eigenvalue weighted by Gasteiger charge is 2.09. The van der Waals surface area contributed by atoms with Gasteiger partial charge in [0, 0.05) is 33.0 Å². The number of nitrogens with zero attached hydrogens (tertiary/aromatic N) is 1. The number of benzene rings is 2. The Balaban J connectivity index is 2.16. The third kappa shape index (κ3) is 3.97. The molecule has 0 bridgehead atoms. The van der Waals surface area contributed by atoms with Crippen LogP contribution in [0.15, 0.2) is 52.3 Å². The molecule has 0 radical (unpaired) electrons. The van der Waals surface area contributed by atoms with Gasteiger partial charge in [0.1, 0.15) is 0 Å². The molecule has 0 aliphatic heterocycles. The summed E-state index contributed by atoms with van der Waals surface area (Å²) in [6.45, 7) is 2.05. The Kier molecular flexibility index (Phi) is 5.22. The molecule has 1 N–H and O–H groups in total. The van der Waals surface area contributed by atoms with E-state index in [1.165, 1.54) is 23.9 Å². The minimum Gasteiger partial charge on any atom is -0.313 e. The molecule has 0 spiro atoms. The van der Waals surface area contributed by atoms with Gasteiger partial charge in [-0.2, -0.15) is 0 Å². The van der Waals surface area contributed by atoms with Gasteiger partial charge in [-0.25, -0.2) is 0 Å². The van der Waals surface area contributed by atoms with Gasteiger partial charge in [0.15, 0.2) is 0 Å². The molecule has 1 unspecified atom stereocenters. The van der Waals surface area contributed by atoms with Gasteiger partial charge in [0.25, 0.3) is 5.69 Å². The highest BCUT2D eigenvalue weighted by Crippen LogP contribution is 2.33. The Morgan fingerprint density at radius 1 is 1.19 bits per heavy atom. The second-order valence-electron chi connectivity index (χ2n) is 4.55. The van der Waals surface area contributed by atoms with E-state index in [2.05, 4.69) is 5.32 Å². The zero-order chi connectivity index (χ0) is 15.4. The summed E-state index contributed by atoms with van der Waals surface area (Å²) in [6.07, 6.45) is 0. The second kappa shape index (κ2) is 6.93. The van der Waals surface area contributed by atoms with Crippen LogP contribution < -0.4 is 5.32 Å². The van der Waals surface area contributed by atoms with E-state index in [1.807, 2.05) is 32.2 Å². The summed E-state index contributed by atoms with van der Waals surface area (Å²) >= 11 is 7.82. The van der Waals surface area contributed by atoms with Crippen molar-refractivity contribution in [3.8, 4) is 0 Å². The van der Waals surface area contributed by atoms with E-state index < -0.39 is 4.92 Å². The molecule has 0 saturated carbocycles. The lowest BCUT2D eigenvalue weighted by Crippen LogP contribution is -2.12. The summed E-state index contributed by atoms with van der Waals surface area (Å²) in [5.41, 5.74) is 1.14. The number of nitrogens with one attached hydrogen (secondary N) is 1. The lowest BCUT2D eigenvalue weighted by molar-refractivity contribution is -0.384. The van der Waals surface area contributed by atoms with E-state index >= 15 is 0 Å². The molecule has 4 nitrogen and oxygen atoms in total. The van der Waals surface area contributed by atoms with Crippen LogP contribution in [0.3, 0.4) is 0 Å². The molecule has 0 aliphatic carbocycles. The number of halogens is 1. The summed E-state index contributed by atoms with van der Waals surface area (Å²) in [6, 6.07) is 12.6. The Bertz CT molecular complexity index is 647. The first-order valence-corrected chi connectivity index (χ1v) is 7.59. The van der Waals surface area contributed by atoms with Crippen molar-refractivity contribution >= 4 is 29.1 Å². The van der Waals surface area contributed by atoms with Crippen molar-refractivity contribution in [2.75, 3.05) is 7.05 Å². The van der Waals surface area contributed by atoms with Crippen molar-refractivity contribution in [2.45, 2.75) is 22.8 Å². The molecular weight excluding hydrogens is 308 g/mol. The molecule has 0 heterocycles. The van der Waals surface area contributed by atoms with E-state index in [0.717, 1.165) is 15.4 Å². The molecule has 2 aromatic carbocycles. The van der Waals surface area contributed by atoms with E-state index in [1.54, 1.807) is 12.1 Å². The fourth-order valence-electron chi connectivity index (χ4n) is 1.85. The molecule has 21 heavy (non-hydrogen) atoms. The fourth-order valence-corrected chi connectivity index (χ4v) is 3.12. The van der Waals surface area contributed by atoms with Crippen molar-refractivity contribution in [1.82, 2.24) is 5.32 Å². The highest BCUT2D eigenvalue weighted by molar-refractivity contribution is 7.99. The highest BCUT2D eigenvalue weighted by atomic mass is 35.5. The maximum absolute atomic E-state index is 10.6. The predicted octanol–water partition coefficient (Wildman–Crippen LogP) is 4.68. The van der Waals surface area contributed by atoms with Crippen molar-refractivity contribution in [3.05, 3.63) is 63.2 Å². The molecule has 0 amide bonds. The fraction of sp³-hybridized carbons (Fsp3) is 0.200. The van der Waals surface area contributed by atoms with Gasteiger partial charge in [-0.05, 0) is 43.8 Å². The third-order valence-corrected chi connectivity index (χ3v) is 4.48. The molecule has 6 heteroatoms. The monoisotopic (exact) mass is 322 g/mol. The summed E-state index contributed by atoms with van der Waals surface area (Å²) in [4.78, 5) is 12.2. The average Bonchev–Trinajstić information content (AvgIpc) is 2.47. The quantitative estimate of drug-likeness (QED) is 0.641. The lowest BCUT2D eigenvalue weighted by atomic mass is 10.1. The summed E-state index contributed by atoms with van der Waals surface area (Å²) < 4.78 is 0. The Hall–Kier alpha value is -1.56. The number of non-ortho nitro benzene ring substituents is 1. The molecule has 2 aromatic rings. The lowest BCUT2D eigenvalue weighted by Gasteiger charge is -2.13. The summed E-state index contributed by atoms with van der Waals surface area (Å²) in [5.74, 6) is 0. The first-order chi connectivity index (χ1) is 10.0. The van der Waals surface area contributed by atoms with Gasteiger partial charge in [-0.15, -0.1) is 0 Å². The van der Waals surface area contributed by atoms with Gasteiger partial charge in [-0.1, -0.05) is 29.4 Å². The molecular formula is C15H15ClN2O2S. The van der Waals surface area contributed by atoms with Crippen LogP contribution in [0.4, 0.5) is 5.69 Å². The molecule has 0 fully saturated rings. The first kappa shape index (κ1) is 15.8. The number of hydrogen-bond acceptors (Lipinski definition) is 4. The van der Waals surface area contributed by atoms with Crippen LogP contribution in [0.1, 0.15) is 18.5 Å². The normalized spacial score (nSPS) is 12.1. The van der Waals surface area contributed by atoms with E-state index in [0.29, 0.717) is 5.02 Å². The second-order valence-corrected chi connectivity index (χ2v) is 6.10. The topological polar surface area (TPSA) is 55.2 Å². The maximum Gasteiger partial charge on any atom is 0.269 e. The molecule has 1 atom stereocenters. The Labute approximate surface area is 132 Å². The van der Waals surface area contributed by atoms with Crippen LogP contribution in [0, 0.1) is 10.1 Å². The van der Waals surface area contributed by atoms with Crippen molar-refractivity contribution in [3.63, 3.8) is 0 Å². The Morgan fingerprint density at radius 2 is 1.81 bits per heavy atom. The standard InChI is InChI=1S/C15H15ClN2O2S/c1-10(17-2)14-8-7-13(9-15(14)16)21-12-5-3-11(4-6-12)18(19)20/h3-10,17H,1-2H3. The van der Waals surface area contributed by atoms with Crippen molar-refractivity contribution < 1.29 is 4.92 Å². The van der Waals surface area contributed by atoms with E-state index in [-0.39, 0.29) is 11.7 Å². The zero-order valence-corrected chi connectivity index (χ0v) is 13.2. The minimum atomic E-state index is -0.404. The SMILES string of the molecule is CNC(C)c1ccc(Sc2ccc([N+](=O)[O-])cc2)cc1Cl. The van der Waals surface area contributed by atoms with Crippen LogP contribution in [-0.4, -0.2) is 12.0 Å². The third-order valence-electron chi connectivity index (χ3n) is 3.15. The largest absolute Gasteiger partial charge is 0.313 e. The number of nitro benzene ring substituents is 1. The molecule has 0 aromatic heterocycles. The predicted molar refractivity (Wildman–Crippen MR) is 86.1 cm³/mol. The first-order valence-electron chi connectivity index (χ1n) is 6.40. The van der Waals surface area contributed by atoms with Crippen LogP contribution in [0.5, 0.6) is 0 Å². The number of hydrogen-bond donors (Lipinski definition) is 1. The average molecular weight is 323 g/mol. The zero-order valence-electron chi connectivity index (χ0n) is 11.7. The molecule has 0 saturated heterocycles. The molecule has 2 rings (SSSR count). The van der Waals surface area contributed by atoms with E-state index in [4.69, 9.17) is 11.6 Å². The maximum atomic E-state index is 10.6. The van der Waals surface area contributed by atoms with Crippen LogP contribution in [0.2, 0.25) is 5.02 Å². The number of rotatable bonds is 5. The van der Waals surface area contributed by atoms with Gasteiger partial charge in [0.05, 0.1) is 4.92 Å². The van der Waals surface area contributed by atoms with Gasteiger partial charge < -0.3 is 5.32 Å². The smallest absolute Gasteiger partial charge is 0.269 e. The minimum absolute atomic E-state index is 0.0931.